The molecule has 2 aromatic rings. The Kier molecular flexibility index (Phi) is 3.97. The monoisotopic (exact) mass is 275 g/mol. The number of anilines is 1. The van der Waals surface area contributed by atoms with Crippen molar-refractivity contribution in [3.63, 3.8) is 0 Å². The smallest absolute Gasteiger partial charge is 0.328 e. The summed E-state index contributed by atoms with van der Waals surface area (Å²) in [6, 6.07) is 1.84. The molecule has 0 amide bonds. The molecule has 0 atom stereocenters. The highest BCUT2D eigenvalue weighted by atomic mass is 16.2. The lowest BCUT2D eigenvalue weighted by Crippen LogP contribution is -2.31. The molecule has 0 bridgehead atoms. The number of aromatic nitrogens is 4. The van der Waals surface area contributed by atoms with E-state index in [0.717, 1.165) is 18.1 Å². The van der Waals surface area contributed by atoms with Gasteiger partial charge in [-0.25, -0.2) is 14.8 Å². The normalized spacial score (nSPS) is 10.6. The van der Waals surface area contributed by atoms with E-state index in [1.165, 1.54) is 10.8 Å². The first-order chi connectivity index (χ1) is 9.49. The molecule has 0 aliphatic carbocycles. The van der Waals surface area contributed by atoms with E-state index >= 15 is 0 Å². The maximum absolute atomic E-state index is 11.7. The molecule has 2 N–H and O–H groups in total. The Morgan fingerprint density at radius 2 is 2.05 bits per heavy atom. The van der Waals surface area contributed by atoms with E-state index in [1.54, 1.807) is 6.92 Å². The molecular weight excluding hydrogens is 258 g/mol. The summed E-state index contributed by atoms with van der Waals surface area (Å²) in [4.78, 5) is 34.0. The Morgan fingerprint density at radius 3 is 2.75 bits per heavy atom. The van der Waals surface area contributed by atoms with Crippen molar-refractivity contribution in [2.24, 2.45) is 0 Å². The molecule has 20 heavy (non-hydrogen) atoms. The zero-order valence-electron chi connectivity index (χ0n) is 11.7. The molecule has 0 aliphatic rings. The minimum atomic E-state index is -0.462. The van der Waals surface area contributed by atoms with Gasteiger partial charge in [0.1, 0.15) is 5.82 Å². The Hall–Kier alpha value is -2.44. The third kappa shape index (κ3) is 3.11. The first-order valence-electron chi connectivity index (χ1n) is 6.38. The number of hydrogen-bond acceptors (Lipinski definition) is 5. The van der Waals surface area contributed by atoms with Crippen LogP contribution < -0.4 is 16.6 Å². The second kappa shape index (κ2) is 5.68. The molecule has 7 nitrogen and oxygen atoms in total. The van der Waals surface area contributed by atoms with Gasteiger partial charge in [0.2, 0.25) is 0 Å². The van der Waals surface area contributed by atoms with Crippen LogP contribution in [0.25, 0.3) is 0 Å². The van der Waals surface area contributed by atoms with Crippen LogP contribution in [0.1, 0.15) is 24.0 Å². The first-order valence-corrected chi connectivity index (χ1v) is 6.38. The van der Waals surface area contributed by atoms with E-state index in [0.29, 0.717) is 11.4 Å². The Labute approximate surface area is 115 Å². The molecule has 0 aliphatic heterocycles. The van der Waals surface area contributed by atoms with Crippen LogP contribution in [-0.4, -0.2) is 26.1 Å². The Bertz CT molecular complexity index is 732. The number of hydrogen-bond donors (Lipinski definition) is 2. The lowest BCUT2D eigenvalue weighted by molar-refractivity contribution is 0.678. The quantitative estimate of drug-likeness (QED) is 0.843. The maximum atomic E-state index is 11.7. The molecule has 2 heterocycles. The number of nitrogens with zero attached hydrogens (tertiary/aromatic N) is 3. The lowest BCUT2D eigenvalue weighted by Gasteiger charge is -2.08. The molecule has 0 spiro atoms. The van der Waals surface area contributed by atoms with E-state index in [1.807, 2.05) is 19.9 Å². The summed E-state index contributed by atoms with van der Waals surface area (Å²) in [7, 11) is 0. The molecule has 7 heteroatoms. The van der Waals surface area contributed by atoms with E-state index in [4.69, 9.17) is 0 Å². The topological polar surface area (TPSA) is 92.7 Å². The molecule has 0 radical (unpaired) electrons. The van der Waals surface area contributed by atoms with Crippen LogP contribution in [0.15, 0.2) is 21.9 Å². The predicted molar refractivity (Wildman–Crippen MR) is 76.1 cm³/mol. The summed E-state index contributed by atoms with van der Waals surface area (Å²) < 4.78 is 1.39. The fourth-order valence-electron chi connectivity index (χ4n) is 1.86. The van der Waals surface area contributed by atoms with Gasteiger partial charge in [0.05, 0.1) is 6.54 Å². The van der Waals surface area contributed by atoms with Crippen molar-refractivity contribution in [1.29, 1.82) is 0 Å². The SMILES string of the molecule is CCNc1cc(C)nc(Cn2cc(C)c(=O)[nH]c2=O)n1. The largest absolute Gasteiger partial charge is 0.370 e. The molecular formula is C13H17N5O2. The average molecular weight is 275 g/mol. The van der Waals surface area contributed by atoms with Gasteiger partial charge < -0.3 is 5.32 Å². The van der Waals surface area contributed by atoms with Gasteiger partial charge in [-0.15, -0.1) is 0 Å². The van der Waals surface area contributed by atoms with Crippen molar-refractivity contribution >= 4 is 5.82 Å². The third-order valence-electron chi connectivity index (χ3n) is 2.76. The van der Waals surface area contributed by atoms with Gasteiger partial charge >= 0.3 is 5.69 Å². The van der Waals surface area contributed by atoms with E-state index in [2.05, 4.69) is 20.3 Å². The Morgan fingerprint density at radius 1 is 1.30 bits per heavy atom. The van der Waals surface area contributed by atoms with Crippen LogP contribution in [0, 0.1) is 13.8 Å². The second-order valence-corrected chi connectivity index (χ2v) is 4.54. The van der Waals surface area contributed by atoms with Gasteiger partial charge in [0.15, 0.2) is 5.82 Å². The van der Waals surface area contributed by atoms with Gasteiger partial charge in [-0.2, -0.15) is 0 Å². The fraction of sp³-hybridized carbons (Fsp3) is 0.385. The highest BCUT2D eigenvalue weighted by Crippen LogP contribution is 2.06. The summed E-state index contributed by atoms with van der Waals surface area (Å²) in [5.74, 6) is 1.25. The summed E-state index contributed by atoms with van der Waals surface area (Å²) in [5.41, 5.74) is 0.463. The van der Waals surface area contributed by atoms with Crippen LogP contribution in [0.5, 0.6) is 0 Å². The van der Waals surface area contributed by atoms with Crippen LogP contribution in [0.2, 0.25) is 0 Å². The van der Waals surface area contributed by atoms with Gasteiger partial charge in [0, 0.05) is 30.1 Å². The molecule has 106 valence electrons. The van der Waals surface area contributed by atoms with Crippen molar-refractivity contribution in [2.45, 2.75) is 27.3 Å². The number of H-pyrrole nitrogens is 1. The number of nitrogens with one attached hydrogen (secondary N) is 2. The molecule has 0 saturated heterocycles. The third-order valence-corrected chi connectivity index (χ3v) is 2.76. The molecule has 0 aromatic carbocycles. The summed E-state index contributed by atoms with van der Waals surface area (Å²) >= 11 is 0. The molecule has 2 aromatic heterocycles. The second-order valence-electron chi connectivity index (χ2n) is 4.54. The van der Waals surface area contributed by atoms with Crippen molar-refractivity contribution in [1.82, 2.24) is 19.5 Å². The van der Waals surface area contributed by atoms with E-state index < -0.39 is 5.69 Å². The molecule has 0 saturated carbocycles. The van der Waals surface area contributed by atoms with Crippen molar-refractivity contribution in [3.05, 3.63) is 50.2 Å². The van der Waals surface area contributed by atoms with Crippen molar-refractivity contribution in [3.8, 4) is 0 Å². The van der Waals surface area contributed by atoms with Crippen molar-refractivity contribution < 1.29 is 0 Å². The Balaban J connectivity index is 2.37. The van der Waals surface area contributed by atoms with E-state index in [9.17, 15) is 9.59 Å². The van der Waals surface area contributed by atoms with Gasteiger partial charge in [-0.1, -0.05) is 0 Å². The van der Waals surface area contributed by atoms with Crippen LogP contribution in [0.4, 0.5) is 5.82 Å². The summed E-state index contributed by atoms with van der Waals surface area (Å²) in [6.07, 6.45) is 1.51. The molecule has 2 rings (SSSR count). The van der Waals surface area contributed by atoms with E-state index in [-0.39, 0.29) is 12.1 Å². The zero-order chi connectivity index (χ0) is 14.7. The standard InChI is InChI=1S/C13H17N5O2/c1-4-14-10-5-9(3)15-11(16-10)7-18-6-8(2)12(19)17-13(18)20/h5-6H,4,7H2,1-3H3,(H,14,15,16)(H,17,19,20). The van der Waals surface area contributed by atoms with Crippen LogP contribution >= 0.6 is 0 Å². The van der Waals surface area contributed by atoms with Crippen LogP contribution in [0.3, 0.4) is 0 Å². The molecule has 0 fully saturated rings. The maximum Gasteiger partial charge on any atom is 0.328 e. The van der Waals surface area contributed by atoms with Gasteiger partial charge in [-0.05, 0) is 20.8 Å². The number of aryl methyl sites for hydroxylation is 2. The predicted octanol–water partition coefficient (Wildman–Crippen LogP) is 0.424. The number of aromatic amines is 1. The lowest BCUT2D eigenvalue weighted by atomic mass is 10.3. The minimum Gasteiger partial charge on any atom is -0.370 e. The zero-order valence-corrected chi connectivity index (χ0v) is 11.7. The van der Waals surface area contributed by atoms with Gasteiger partial charge in [-0.3, -0.25) is 14.3 Å². The first kappa shape index (κ1) is 14.0. The minimum absolute atomic E-state index is 0.219. The highest BCUT2D eigenvalue weighted by Gasteiger charge is 2.06. The fourth-order valence-corrected chi connectivity index (χ4v) is 1.86. The average Bonchev–Trinajstić information content (AvgIpc) is 2.35. The highest BCUT2D eigenvalue weighted by molar-refractivity contribution is 5.35. The summed E-state index contributed by atoms with van der Waals surface area (Å²) in [6.45, 7) is 6.47. The van der Waals surface area contributed by atoms with Crippen molar-refractivity contribution in [2.75, 3.05) is 11.9 Å². The molecule has 0 unspecified atom stereocenters. The summed E-state index contributed by atoms with van der Waals surface area (Å²) in [5, 5.41) is 3.11. The van der Waals surface area contributed by atoms with Crippen LogP contribution in [-0.2, 0) is 6.54 Å². The van der Waals surface area contributed by atoms with Gasteiger partial charge in [0.25, 0.3) is 5.56 Å². The number of rotatable bonds is 4.